The van der Waals surface area contributed by atoms with Crippen LogP contribution in [-0.2, 0) is 0 Å². The quantitative estimate of drug-likeness (QED) is 0.878. The molecule has 0 fully saturated rings. The van der Waals surface area contributed by atoms with Gasteiger partial charge < -0.3 is 10.1 Å². The fraction of sp³-hybridized carbons (Fsp3) is 0.500. The van der Waals surface area contributed by atoms with Crippen molar-refractivity contribution >= 4 is 5.65 Å². The number of fused-ring (bicyclic) bond motifs is 1. The molecule has 3 nitrogen and oxygen atoms in total. The molecule has 3 heteroatoms. The number of unbranched alkanes of at least 4 members (excludes halogenated alkanes) is 1. The summed E-state index contributed by atoms with van der Waals surface area (Å²) in [4.78, 5) is 4.59. The molecule has 2 rings (SSSR count). The molecule has 0 bridgehead atoms. The lowest BCUT2D eigenvalue weighted by molar-refractivity contribution is 0.584. The van der Waals surface area contributed by atoms with Gasteiger partial charge in [0.2, 0.25) is 0 Å². The molecule has 0 aliphatic carbocycles. The molecule has 0 radical (unpaired) electrons. The van der Waals surface area contributed by atoms with Crippen LogP contribution in [0.25, 0.3) is 5.65 Å². The van der Waals surface area contributed by atoms with E-state index < -0.39 is 0 Å². The summed E-state index contributed by atoms with van der Waals surface area (Å²) in [6, 6.07) is 4.29. The van der Waals surface area contributed by atoms with E-state index in [0.29, 0.717) is 0 Å². The SMILES string of the molecule is CCCCC(N)c1c(C)nc2cc(C)ccn12. The van der Waals surface area contributed by atoms with Crippen LogP contribution in [-0.4, -0.2) is 9.38 Å². The number of aryl methyl sites for hydroxylation is 2. The van der Waals surface area contributed by atoms with E-state index in [2.05, 4.69) is 41.6 Å². The molecule has 0 amide bonds. The van der Waals surface area contributed by atoms with Crippen LogP contribution in [0.1, 0.15) is 49.2 Å². The molecule has 0 saturated heterocycles. The number of aromatic nitrogens is 2. The van der Waals surface area contributed by atoms with Crippen molar-refractivity contribution in [2.24, 2.45) is 5.73 Å². The number of nitrogens with two attached hydrogens (primary N) is 1. The first-order chi connectivity index (χ1) is 8.13. The minimum absolute atomic E-state index is 0.0904. The van der Waals surface area contributed by atoms with Crippen molar-refractivity contribution in [3.63, 3.8) is 0 Å². The normalized spacial score (nSPS) is 13.2. The van der Waals surface area contributed by atoms with E-state index in [1.165, 1.54) is 18.4 Å². The Hall–Kier alpha value is -1.35. The van der Waals surface area contributed by atoms with Gasteiger partial charge in [-0.3, -0.25) is 0 Å². The molecule has 0 aliphatic rings. The number of pyridine rings is 1. The van der Waals surface area contributed by atoms with Gasteiger partial charge in [-0.15, -0.1) is 0 Å². The van der Waals surface area contributed by atoms with Gasteiger partial charge in [-0.25, -0.2) is 4.98 Å². The lowest BCUT2D eigenvalue weighted by Crippen LogP contribution is -2.13. The van der Waals surface area contributed by atoms with Crippen LogP contribution in [0.15, 0.2) is 18.3 Å². The van der Waals surface area contributed by atoms with E-state index in [1.54, 1.807) is 0 Å². The largest absolute Gasteiger partial charge is 0.323 e. The Kier molecular flexibility index (Phi) is 3.48. The monoisotopic (exact) mass is 231 g/mol. The third-order valence-corrected chi connectivity index (χ3v) is 3.22. The summed E-state index contributed by atoms with van der Waals surface area (Å²) in [6.07, 6.45) is 5.45. The lowest BCUT2D eigenvalue weighted by Gasteiger charge is -2.12. The lowest BCUT2D eigenvalue weighted by atomic mass is 10.1. The first kappa shape index (κ1) is 12.1. The maximum Gasteiger partial charge on any atom is 0.137 e. The highest BCUT2D eigenvalue weighted by Gasteiger charge is 2.15. The average Bonchev–Trinajstić information content (AvgIpc) is 2.61. The van der Waals surface area contributed by atoms with Gasteiger partial charge >= 0.3 is 0 Å². The number of imidazole rings is 1. The van der Waals surface area contributed by atoms with E-state index in [1.807, 2.05) is 6.92 Å². The number of hydrogen-bond acceptors (Lipinski definition) is 2. The first-order valence-corrected chi connectivity index (χ1v) is 6.34. The summed E-state index contributed by atoms with van der Waals surface area (Å²) in [6.45, 7) is 6.32. The molecule has 2 aromatic heterocycles. The number of nitrogens with zero attached hydrogens (tertiary/aromatic N) is 2. The van der Waals surface area contributed by atoms with Crippen LogP contribution < -0.4 is 5.73 Å². The van der Waals surface area contributed by atoms with Crippen LogP contribution in [0.3, 0.4) is 0 Å². The molecular formula is C14H21N3. The van der Waals surface area contributed by atoms with Gasteiger partial charge in [0.25, 0.3) is 0 Å². The Morgan fingerprint density at radius 1 is 1.41 bits per heavy atom. The maximum absolute atomic E-state index is 6.27. The zero-order valence-electron chi connectivity index (χ0n) is 10.9. The molecule has 2 N–H and O–H groups in total. The minimum Gasteiger partial charge on any atom is -0.323 e. The Balaban J connectivity index is 2.42. The standard InChI is InChI=1S/C14H21N3/c1-4-5-6-12(15)14-11(3)16-13-9-10(2)7-8-17(13)14/h7-9,12H,4-6,15H2,1-3H3. The maximum atomic E-state index is 6.27. The van der Waals surface area contributed by atoms with Crippen LogP contribution in [0.5, 0.6) is 0 Å². The number of rotatable bonds is 4. The van der Waals surface area contributed by atoms with Crippen molar-refractivity contribution in [3.8, 4) is 0 Å². The molecule has 1 unspecified atom stereocenters. The summed E-state index contributed by atoms with van der Waals surface area (Å²) in [7, 11) is 0. The highest BCUT2D eigenvalue weighted by molar-refractivity contribution is 5.46. The van der Waals surface area contributed by atoms with Crippen molar-refractivity contribution in [2.45, 2.75) is 46.1 Å². The second-order valence-electron chi connectivity index (χ2n) is 4.76. The fourth-order valence-electron chi connectivity index (χ4n) is 2.29. The zero-order chi connectivity index (χ0) is 12.4. The molecule has 2 heterocycles. The van der Waals surface area contributed by atoms with Crippen molar-refractivity contribution in [1.29, 1.82) is 0 Å². The van der Waals surface area contributed by atoms with E-state index in [9.17, 15) is 0 Å². The van der Waals surface area contributed by atoms with Crippen LogP contribution in [0.4, 0.5) is 0 Å². The summed E-state index contributed by atoms with van der Waals surface area (Å²) < 4.78 is 2.13. The van der Waals surface area contributed by atoms with E-state index >= 15 is 0 Å². The van der Waals surface area contributed by atoms with Crippen molar-refractivity contribution in [1.82, 2.24) is 9.38 Å². The minimum atomic E-state index is 0.0904. The van der Waals surface area contributed by atoms with Gasteiger partial charge in [-0.2, -0.15) is 0 Å². The van der Waals surface area contributed by atoms with Crippen molar-refractivity contribution in [3.05, 3.63) is 35.3 Å². The predicted octanol–water partition coefficient (Wildman–Crippen LogP) is 3.14. The fourth-order valence-corrected chi connectivity index (χ4v) is 2.29. The van der Waals surface area contributed by atoms with Crippen molar-refractivity contribution < 1.29 is 0 Å². The second-order valence-corrected chi connectivity index (χ2v) is 4.76. The molecule has 0 spiro atoms. The highest BCUT2D eigenvalue weighted by Crippen LogP contribution is 2.22. The van der Waals surface area contributed by atoms with Gasteiger partial charge in [0.1, 0.15) is 5.65 Å². The van der Waals surface area contributed by atoms with E-state index in [0.717, 1.165) is 23.5 Å². The molecule has 2 aromatic rings. The summed E-state index contributed by atoms with van der Waals surface area (Å²) in [5, 5.41) is 0. The molecule has 92 valence electrons. The molecule has 17 heavy (non-hydrogen) atoms. The van der Waals surface area contributed by atoms with Gasteiger partial charge in [-0.05, 0) is 38.0 Å². The Labute approximate surface area is 103 Å². The zero-order valence-corrected chi connectivity index (χ0v) is 10.9. The molecule has 0 aliphatic heterocycles. The summed E-state index contributed by atoms with van der Waals surface area (Å²) in [5.41, 5.74) is 10.7. The van der Waals surface area contributed by atoms with Crippen molar-refractivity contribution in [2.75, 3.05) is 0 Å². The summed E-state index contributed by atoms with van der Waals surface area (Å²) >= 11 is 0. The third-order valence-electron chi connectivity index (χ3n) is 3.22. The third kappa shape index (κ3) is 2.34. The van der Waals surface area contributed by atoms with E-state index in [4.69, 9.17) is 5.73 Å². The molecule has 0 saturated carbocycles. The van der Waals surface area contributed by atoms with Crippen LogP contribution in [0.2, 0.25) is 0 Å². The van der Waals surface area contributed by atoms with Crippen LogP contribution in [0, 0.1) is 13.8 Å². The highest BCUT2D eigenvalue weighted by atomic mass is 15.0. The van der Waals surface area contributed by atoms with Gasteiger partial charge in [0, 0.05) is 12.2 Å². The Bertz CT molecular complexity index is 513. The molecular weight excluding hydrogens is 210 g/mol. The number of hydrogen-bond donors (Lipinski definition) is 1. The van der Waals surface area contributed by atoms with Crippen LogP contribution >= 0.6 is 0 Å². The average molecular weight is 231 g/mol. The molecule has 1 atom stereocenters. The van der Waals surface area contributed by atoms with Gasteiger partial charge in [0.05, 0.1) is 11.4 Å². The predicted molar refractivity (Wildman–Crippen MR) is 71.1 cm³/mol. The Morgan fingerprint density at radius 3 is 2.88 bits per heavy atom. The van der Waals surface area contributed by atoms with Gasteiger partial charge in [-0.1, -0.05) is 19.8 Å². The van der Waals surface area contributed by atoms with Gasteiger partial charge in [0.15, 0.2) is 0 Å². The summed E-state index contributed by atoms with van der Waals surface area (Å²) in [5.74, 6) is 0. The van der Waals surface area contributed by atoms with E-state index in [-0.39, 0.29) is 6.04 Å². The smallest absolute Gasteiger partial charge is 0.137 e. The first-order valence-electron chi connectivity index (χ1n) is 6.34. The molecule has 0 aromatic carbocycles. The Morgan fingerprint density at radius 2 is 2.18 bits per heavy atom. The topological polar surface area (TPSA) is 43.3 Å². The second kappa shape index (κ2) is 4.88.